The van der Waals surface area contributed by atoms with Crippen LogP contribution >= 0.6 is 11.3 Å². The van der Waals surface area contributed by atoms with Gasteiger partial charge in [0.15, 0.2) is 5.69 Å². The number of aromatic nitrogens is 2. The second-order valence-electron chi connectivity index (χ2n) is 7.56. The van der Waals surface area contributed by atoms with Crippen molar-refractivity contribution in [3.05, 3.63) is 55.8 Å². The third kappa shape index (κ3) is 4.70. The third-order valence-electron chi connectivity index (χ3n) is 4.73. The van der Waals surface area contributed by atoms with Gasteiger partial charge in [0.1, 0.15) is 11.6 Å². The zero-order valence-corrected chi connectivity index (χ0v) is 18.4. The van der Waals surface area contributed by atoms with E-state index in [0.29, 0.717) is 23.1 Å². The molecule has 8 nitrogen and oxygen atoms in total. The summed E-state index contributed by atoms with van der Waals surface area (Å²) in [5.41, 5.74) is 4.74. The Morgan fingerprint density at radius 1 is 1.35 bits per heavy atom. The maximum atomic E-state index is 14.1. The molecule has 1 aromatic carbocycles. The van der Waals surface area contributed by atoms with Crippen LogP contribution in [0.5, 0.6) is 0 Å². The number of halogens is 1. The summed E-state index contributed by atoms with van der Waals surface area (Å²) in [4.78, 5) is 42.2. The second-order valence-corrected chi connectivity index (χ2v) is 8.65. The second kappa shape index (κ2) is 9.44. The summed E-state index contributed by atoms with van der Waals surface area (Å²) < 4.78 is 21.1. The predicted molar refractivity (Wildman–Crippen MR) is 121 cm³/mol. The highest BCUT2D eigenvalue weighted by Crippen LogP contribution is 2.30. The Morgan fingerprint density at radius 2 is 2.10 bits per heavy atom. The van der Waals surface area contributed by atoms with Crippen LogP contribution in [-0.4, -0.2) is 35.7 Å². The minimum Gasteiger partial charge on any atom is -0.385 e. The Morgan fingerprint density at radius 3 is 2.74 bits per heavy atom. The molecule has 3 N–H and O–H groups in total. The van der Waals surface area contributed by atoms with Crippen LogP contribution in [0.3, 0.4) is 0 Å². The normalized spacial score (nSPS) is 11.4. The van der Waals surface area contributed by atoms with Crippen LogP contribution in [-0.2, 0) is 11.3 Å². The first-order valence-corrected chi connectivity index (χ1v) is 10.7. The van der Waals surface area contributed by atoms with Gasteiger partial charge in [0, 0.05) is 36.9 Å². The number of carbonyl (C=O) groups is 1. The third-order valence-corrected chi connectivity index (χ3v) is 5.81. The van der Waals surface area contributed by atoms with Gasteiger partial charge in [-0.1, -0.05) is 19.9 Å². The van der Waals surface area contributed by atoms with Crippen LogP contribution < -0.4 is 21.9 Å². The van der Waals surface area contributed by atoms with Crippen LogP contribution in [0.25, 0.3) is 10.1 Å². The van der Waals surface area contributed by atoms with E-state index in [1.54, 1.807) is 12.1 Å². The lowest BCUT2D eigenvalue weighted by Gasteiger charge is -2.24. The zero-order chi connectivity index (χ0) is 22.7. The molecule has 3 aromatic rings. The molecule has 0 aliphatic carbocycles. The maximum Gasteiger partial charge on any atom is 0.330 e. The summed E-state index contributed by atoms with van der Waals surface area (Å²) in [7, 11) is 1.53. The first-order chi connectivity index (χ1) is 14.7. The molecule has 2 aromatic heterocycles. The van der Waals surface area contributed by atoms with Crippen molar-refractivity contribution in [2.24, 2.45) is 5.92 Å². The SMILES string of the molecule is COCCCN(C(=O)c1cc2c(F)cccc2s1)c1c(N)n(CC(C)C)c(=O)[nH]c1=O. The largest absolute Gasteiger partial charge is 0.385 e. The van der Waals surface area contributed by atoms with E-state index in [4.69, 9.17) is 10.5 Å². The molecular weight excluding hydrogens is 423 g/mol. The first kappa shape index (κ1) is 22.7. The molecule has 31 heavy (non-hydrogen) atoms. The Labute approximate surface area is 182 Å². The van der Waals surface area contributed by atoms with Crippen molar-refractivity contribution in [1.82, 2.24) is 9.55 Å². The molecule has 166 valence electrons. The number of hydrogen-bond donors (Lipinski definition) is 2. The summed E-state index contributed by atoms with van der Waals surface area (Å²) in [5, 5.41) is 0.333. The van der Waals surface area contributed by atoms with Crippen molar-refractivity contribution in [3.8, 4) is 0 Å². The molecule has 0 saturated heterocycles. The van der Waals surface area contributed by atoms with Crippen LogP contribution in [0.1, 0.15) is 29.9 Å². The predicted octanol–water partition coefficient (Wildman–Crippen LogP) is 2.81. The minimum absolute atomic E-state index is 0.0829. The van der Waals surface area contributed by atoms with Gasteiger partial charge >= 0.3 is 5.69 Å². The fourth-order valence-corrected chi connectivity index (χ4v) is 4.35. The highest BCUT2D eigenvalue weighted by molar-refractivity contribution is 7.20. The Hall–Kier alpha value is -2.98. The number of benzene rings is 1. The number of nitrogens with two attached hydrogens (primary N) is 1. The maximum absolute atomic E-state index is 14.1. The van der Waals surface area contributed by atoms with Crippen molar-refractivity contribution in [3.63, 3.8) is 0 Å². The Kier molecular flexibility index (Phi) is 6.91. The van der Waals surface area contributed by atoms with Gasteiger partial charge in [0.2, 0.25) is 0 Å². The smallest absolute Gasteiger partial charge is 0.330 e. The summed E-state index contributed by atoms with van der Waals surface area (Å²) >= 11 is 1.13. The Balaban J connectivity index is 2.12. The van der Waals surface area contributed by atoms with Crippen molar-refractivity contribution in [2.45, 2.75) is 26.8 Å². The van der Waals surface area contributed by atoms with Gasteiger partial charge in [-0.05, 0) is 30.5 Å². The number of amides is 1. The van der Waals surface area contributed by atoms with E-state index in [-0.39, 0.29) is 35.4 Å². The first-order valence-electron chi connectivity index (χ1n) is 9.86. The van der Waals surface area contributed by atoms with Gasteiger partial charge < -0.3 is 10.5 Å². The van der Waals surface area contributed by atoms with Gasteiger partial charge in [-0.25, -0.2) is 9.18 Å². The van der Waals surface area contributed by atoms with Gasteiger partial charge in [-0.2, -0.15) is 0 Å². The molecule has 0 spiro atoms. The van der Waals surface area contributed by atoms with Crippen LogP contribution in [0.4, 0.5) is 15.9 Å². The molecule has 0 radical (unpaired) electrons. The summed E-state index contributed by atoms with van der Waals surface area (Å²) in [6.07, 6.45) is 0.434. The monoisotopic (exact) mass is 448 g/mol. The fourth-order valence-electron chi connectivity index (χ4n) is 3.33. The van der Waals surface area contributed by atoms with E-state index >= 15 is 0 Å². The van der Waals surface area contributed by atoms with Crippen molar-refractivity contribution >= 4 is 38.8 Å². The van der Waals surface area contributed by atoms with Gasteiger partial charge in [-0.3, -0.25) is 24.0 Å². The van der Waals surface area contributed by atoms with Gasteiger partial charge in [-0.15, -0.1) is 11.3 Å². The highest BCUT2D eigenvalue weighted by atomic mass is 32.1. The van der Waals surface area contributed by atoms with E-state index in [1.165, 1.54) is 28.7 Å². The number of fused-ring (bicyclic) bond motifs is 1. The molecule has 0 saturated carbocycles. The summed E-state index contributed by atoms with van der Waals surface area (Å²) in [6, 6.07) is 6.09. The Bertz CT molecular complexity index is 1210. The number of H-pyrrole nitrogens is 1. The molecule has 2 heterocycles. The molecule has 0 unspecified atom stereocenters. The lowest BCUT2D eigenvalue weighted by Crippen LogP contribution is -2.42. The lowest BCUT2D eigenvalue weighted by molar-refractivity contribution is 0.0987. The van der Waals surface area contributed by atoms with Crippen molar-refractivity contribution in [1.29, 1.82) is 0 Å². The number of nitrogens with zero attached hydrogens (tertiary/aromatic N) is 2. The van der Waals surface area contributed by atoms with Gasteiger partial charge in [0.05, 0.1) is 4.88 Å². The molecular formula is C21H25FN4O4S. The number of nitrogens with one attached hydrogen (secondary N) is 1. The quantitative estimate of drug-likeness (QED) is 0.515. The van der Waals surface area contributed by atoms with Gasteiger partial charge in [0.25, 0.3) is 11.5 Å². The molecule has 3 rings (SSSR count). The molecule has 1 amide bonds. The lowest BCUT2D eigenvalue weighted by atomic mass is 10.2. The number of rotatable bonds is 8. The molecule has 0 atom stereocenters. The van der Waals surface area contributed by atoms with Crippen LogP contribution in [0.2, 0.25) is 0 Å². The number of anilines is 2. The molecule has 0 aliphatic heterocycles. The summed E-state index contributed by atoms with van der Waals surface area (Å²) in [5.74, 6) is -0.923. The highest BCUT2D eigenvalue weighted by Gasteiger charge is 2.26. The molecule has 0 fully saturated rings. The van der Waals surface area contributed by atoms with Crippen LogP contribution in [0, 0.1) is 11.7 Å². The van der Waals surface area contributed by atoms with Crippen LogP contribution in [0.15, 0.2) is 33.9 Å². The zero-order valence-electron chi connectivity index (χ0n) is 17.6. The average Bonchev–Trinajstić information content (AvgIpc) is 3.15. The number of methoxy groups -OCH3 is 1. The van der Waals surface area contributed by atoms with E-state index in [1.807, 2.05) is 13.8 Å². The van der Waals surface area contributed by atoms with E-state index in [2.05, 4.69) is 4.98 Å². The minimum atomic E-state index is -0.749. The van der Waals surface area contributed by atoms with Crippen molar-refractivity contribution < 1.29 is 13.9 Å². The van der Waals surface area contributed by atoms with E-state index in [9.17, 15) is 18.8 Å². The number of thiophene rings is 1. The summed E-state index contributed by atoms with van der Waals surface area (Å²) in [6.45, 7) is 4.58. The fraction of sp³-hybridized carbons (Fsp3) is 0.381. The number of nitrogen functional groups attached to an aromatic ring is 1. The number of ether oxygens (including phenoxy) is 1. The van der Waals surface area contributed by atoms with E-state index in [0.717, 1.165) is 11.3 Å². The van der Waals surface area contributed by atoms with E-state index < -0.39 is 23.0 Å². The van der Waals surface area contributed by atoms with Crippen molar-refractivity contribution in [2.75, 3.05) is 30.9 Å². The number of carbonyl (C=O) groups excluding carboxylic acids is 1. The molecule has 10 heteroatoms. The number of hydrogen-bond acceptors (Lipinski definition) is 6. The number of aromatic amines is 1. The average molecular weight is 449 g/mol. The molecule has 0 aliphatic rings. The molecule has 0 bridgehead atoms. The standard InChI is InChI=1S/C21H25FN4O4S/c1-12(2)11-26-18(23)17(19(27)24-21(26)29)25(8-5-9-30-3)20(28)16-10-13-14(22)6-4-7-15(13)31-16/h4,6-7,10,12H,5,8-9,11,23H2,1-3H3,(H,24,27,29). The topological polar surface area (TPSA) is 110 Å².